The molecule has 5 rings (SSSR count). The van der Waals surface area contributed by atoms with Crippen LogP contribution in [0.3, 0.4) is 0 Å². The largest absolute Gasteiger partial charge is 0.337 e. The highest BCUT2D eigenvalue weighted by Crippen LogP contribution is 2.36. The van der Waals surface area contributed by atoms with Crippen LogP contribution in [0, 0.1) is 6.92 Å². The Balaban J connectivity index is 1.71. The second-order valence-corrected chi connectivity index (χ2v) is 7.46. The van der Waals surface area contributed by atoms with Gasteiger partial charge < -0.3 is 4.98 Å². The Labute approximate surface area is 176 Å². The Morgan fingerprint density at radius 1 is 0.567 bits per heavy atom. The molecule has 144 valence electrons. The van der Waals surface area contributed by atoms with Gasteiger partial charge in [0.2, 0.25) is 0 Å². The quantitative estimate of drug-likeness (QED) is 0.343. The summed E-state index contributed by atoms with van der Waals surface area (Å²) in [6.07, 6.45) is 0. The summed E-state index contributed by atoms with van der Waals surface area (Å²) in [5, 5.41) is 0. The summed E-state index contributed by atoms with van der Waals surface area (Å²) in [5.74, 6) is 0.879. The topological polar surface area (TPSA) is 28.7 Å². The number of nitrogens with one attached hydrogen (secondary N) is 1. The number of imidazole rings is 1. The summed E-state index contributed by atoms with van der Waals surface area (Å²) in [4.78, 5) is 8.71. The highest BCUT2D eigenvalue weighted by molar-refractivity contribution is 5.86. The number of rotatable bonds is 4. The molecule has 1 N–H and O–H groups in total. The molecular formula is C28H22N2. The number of aromatic amines is 1. The zero-order valence-electron chi connectivity index (χ0n) is 16.8. The Morgan fingerprint density at radius 2 is 1.17 bits per heavy atom. The van der Waals surface area contributed by atoms with Crippen LogP contribution in [-0.2, 0) is 0 Å². The van der Waals surface area contributed by atoms with Gasteiger partial charge >= 0.3 is 0 Å². The lowest BCUT2D eigenvalue weighted by Gasteiger charge is -2.08. The van der Waals surface area contributed by atoms with E-state index in [1.807, 2.05) is 12.1 Å². The van der Waals surface area contributed by atoms with E-state index in [9.17, 15) is 0 Å². The average Bonchev–Trinajstić information content (AvgIpc) is 3.26. The zero-order chi connectivity index (χ0) is 20.3. The van der Waals surface area contributed by atoms with E-state index in [1.165, 1.54) is 16.7 Å². The van der Waals surface area contributed by atoms with Crippen LogP contribution in [0.2, 0.25) is 0 Å². The minimum absolute atomic E-state index is 0.879. The second kappa shape index (κ2) is 7.84. The van der Waals surface area contributed by atoms with Crippen molar-refractivity contribution in [2.45, 2.75) is 6.92 Å². The molecule has 0 aliphatic carbocycles. The van der Waals surface area contributed by atoms with E-state index in [0.29, 0.717) is 0 Å². The van der Waals surface area contributed by atoms with Crippen molar-refractivity contribution in [2.75, 3.05) is 0 Å². The van der Waals surface area contributed by atoms with Crippen molar-refractivity contribution >= 4 is 0 Å². The second-order valence-electron chi connectivity index (χ2n) is 7.46. The first kappa shape index (κ1) is 18.1. The number of benzene rings is 4. The van der Waals surface area contributed by atoms with Crippen LogP contribution < -0.4 is 0 Å². The van der Waals surface area contributed by atoms with Crippen molar-refractivity contribution < 1.29 is 0 Å². The monoisotopic (exact) mass is 386 g/mol. The number of hydrogen-bond donors (Lipinski definition) is 1. The van der Waals surface area contributed by atoms with Gasteiger partial charge in [-0.05, 0) is 18.1 Å². The van der Waals surface area contributed by atoms with E-state index in [2.05, 4.69) is 109 Å². The molecule has 0 atom stereocenters. The van der Waals surface area contributed by atoms with Gasteiger partial charge in [0.15, 0.2) is 0 Å². The smallest absolute Gasteiger partial charge is 0.139 e. The fourth-order valence-corrected chi connectivity index (χ4v) is 3.87. The molecule has 0 aliphatic rings. The molecule has 0 unspecified atom stereocenters. The third-order valence-corrected chi connectivity index (χ3v) is 5.32. The van der Waals surface area contributed by atoms with Gasteiger partial charge in [0, 0.05) is 16.7 Å². The fourth-order valence-electron chi connectivity index (χ4n) is 3.87. The number of hydrogen-bond acceptors (Lipinski definition) is 1. The van der Waals surface area contributed by atoms with Crippen molar-refractivity contribution in [3.05, 3.63) is 115 Å². The summed E-state index contributed by atoms with van der Waals surface area (Å²) < 4.78 is 0. The Bertz CT molecular complexity index is 1230. The molecular weight excluding hydrogens is 364 g/mol. The molecule has 0 aliphatic heterocycles. The molecule has 0 saturated carbocycles. The van der Waals surface area contributed by atoms with Crippen molar-refractivity contribution in [1.29, 1.82) is 0 Å². The predicted molar refractivity (Wildman–Crippen MR) is 125 cm³/mol. The van der Waals surface area contributed by atoms with Gasteiger partial charge in [-0.25, -0.2) is 4.98 Å². The molecule has 0 saturated heterocycles. The minimum atomic E-state index is 0.879. The van der Waals surface area contributed by atoms with Crippen molar-refractivity contribution in [3.63, 3.8) is 0 Å². The van der Waals surface area contributed by atoms with Crippen LogP contribution in [-0.4, -0.2) is 9.97 Å². The molecule has 4 aromatic carbocycles. The van der Waals surface area contributed by atoms with E-state index >= 15 is 0 Å². The van der Waals surface area contributed by atoms with Crippen LogP contribution in [0.4, 0.5) is 0 Å². The van der Waals surface area contributed by atoms with Crippen LogP contribution >= 0.6 is 0 Å². The van der Waals surface area contributed by atoms with Gasteiger partial charge in [-0.15, -0.1) is 0 Å². The van der Waals surface area contributed by atoms with Crippen molar-refractivity contribution in [2.24, 2.45) is 0 Å². The third kappa shape index (κ3) is 3.44. The van der Waals surface area contributed by atoms with Crippen LogP contribution in [0.1, 0.15) is 5.56 Å². The SMILES string of the molecule is Cc1cccc(-c2ccccc2-c2nc(-c3ccccc3)c(-c3ccccc3)[nH]2)c1. The van der Waals surface area contributed by atoms with E-state index in [4.69, 9.17) is 4.98 Å². The lowest BCUT2D eigenvalue weighted by atomic mass is 9.98. The maximum absolute atomic E-state index is 5.08. The molecule has 0 spiro atoms. The number of aromatic nitrogens is 2. The summed E-state index contributed by atoms with van der Waals surface area (Å²) in [5.41, 5.74) is 8.96. The summed E-state index contributed by atoms with van der Waals surface area (Å²) in [6, 6.07) is 37.8. The Kier molecular flexibility index (Phi) is 4.74. The number of nitrogens with zero attached hydrogens (tertiary/aromatic N) is 1. The van der Waals surface area contributed by atoms with Gasteiger partial charge in [0.25, 0.3) is 0 Å². The summed E-state index contributed by atoms with van der Waals surface area (Å²) in [7, 11) is 0. The van der Waals surface area contributed by atoms with Gasteiger partial charge in [0.1, 0.15) is 5.82 Å². The molecule has 5 aromatic rings. The molecule has 2 nitrogen and oxygen atoms in total. The van der Waals surface area contributed by atoms with Crippen LogP contribution in [0.5, 0.6) is 0 Å². The Hall–Kier alpha value is -3.91. The van der Waals surface area contributed by atoms with Crippen molar-refractivity contribution in [1.82, 2.24) is 9.97 Å². The van der Waals surface area contributed by atoms with Crippen molar-refractivity contribution in [3.8, 4) is 45.0 Å². The van der Waals surface area contributed by atoms with Gasteiger partial charge in [-0.2, -0.15) is 0 Å². The van der Waals surface area contributed by atoms with Crippen LogP contribution in [0.25, 0.3) is 45.0 Å². The van der Waals surface area contributed by atoms with E-state index in [-0.39, 0.29) is 0 Å². The van der Waals surface area contributed by atoms with E-state index < -0.39 is 0 Å². The predicted octanol–water partition coefficient (Wildman–Crippen LogP) is 7.39. The summed E-state index contributed by atoms with van der Waals surface area (Å²) >= 11 is 0. The number of aryl methyl sites for hydroxylation is 1. The normalized spacial score (nSPS) is 10.8. The molecule has 1 heterocycles. The highest BCUT2D eigenvalue weighted by Gasteiger charge is 2.17. The molecule has 0 amide bonds. The van der Waals surface area contributed by atoms with Crippen LogP contribution in [0.15, 0.2) is 109 Å². The maximum atomic E-state index is 5.08. The Morgan fingerprint density at radius 3 is 1.87 bits per heavy atom. The summed E-state index contributed by atoms with van der Waals surface area (Å²) in [6.45, 7) is 2.13. The first-order valence-electron chi connectivity index (χ1n) is 10.2. The molecule has 0 bridgehead atoms. The lowest BCUT2D eigenvalue weighted by molar-refractivity contribution is 1.31. The highest BCUT2D eigenvalue weighted by atomic mass is 14.9. The molecule has 0 fully saturated rings. The first-order chi connectivity index (χ1) is 14.8. The third-order valence-electron chi connectivity index (χ3n) is 5.32. The molecule has 0 radical (unpaired) electrons. The maximum Gasteiger partial charge on any atom is 0.139 e. The zero-order valence-corrected chi connectivity index (χ0v) is 16.8. The van der Waals surface area contributed by atoms with Gasteiger partial charge in [-0.3, -0.25) is 0 Å². The van der Waals surface area contributed by atoms with E-state index in [0.717, 1.165) is 33.9 Å². The molecule has 2 heteroatoms. The van der Waals surface area contributed by atoms with E-state index in [1.54, 1.807) is 0 Å². The van der Waals surface area contributed by atoms with Gasteiger partial charge in [0.05, 0.1) is 11.4 Å². The standard InChI is InChI=1S/C28H22N2/c1-20-11-10-16-23(19-20)24-17-8-9-18-25(24)28-29-26(21-12-4-2-5-13-21)27(30-28)22-14-6-3-7-15-22/h2-19H,1H3,(H,29,30). The van der Waals surface area contributed by atoms with Gasteiger partial charge in [-0.1, -0.05) is 115 Å². The average molecular weight is 386 g/mol. The fraction of sp³-hybridized carbons (Fsp3) is 0.0357. The first-order valence-corrected chi connectivity index (χ1v) is 10.2. The lowest BCUT2D eigenvalue weighted by Crippen LogP contribution is -1.87. The molecule has 30 heavy (non-hydrogen) atoms. The number of H-pyrrole nitrogens is 1. The minimum Gasteiger partial charge on any atom is -0.337 e. The molecule has 1 aromatic heterocycles.